The lowest BCUT2D eigenvalue weighted by Crippen LogP contribution is -3.08. The van der Waals surface area contributed by atoms with Crippen LogP contribution < -0.4 is 19.7 Å². The summed E-state index contributed by atoms with van der Waals surface area (Å²) >= 11 is 0. The summed E-state index contributed by atoms with van der Waals surface area (Å²) in [7, 11) is 1.93. The standard InChI is InChI=1S/C19H22F2N2O3/c1-3-25-16-8-4-14(5-9-16)12-23(2)13-18(24)22-15-6-10-17(11-7-15)26-19(20)21/h4-11,19H,3,12-13H2,1-2H3,(H,22,24)/p+1. The highest BCUT2D eigenvalue weighted by Crippen LogP contribution is 2.17. The maximum Gasteiger partial charge on any atom is 0.387 e. The van der Waals surface area contributed by atoms with Crippen LogP contribution in [-0.4, -0.2) is 32.7 Å². The molecule has 0 heterocycles. The van der Waals surface area contributed by atoms with E-state index in [1.165, 1.54) is 24.3 Å². The number of likely N-dealkylation sites (N-methyl/N-ethyl adjacent to an activating group) is 1. The molecule has 0 spiro atoms. The Morgan fingerprint density at radius 3 is 2.27 bits per heavy atom. The molecule has 0 aliphatic carbocycles. The highest BCUT2D eigenvalue weighted by Gasteiger charge is 2.11. The van der Waals surface area contributed by atoms with Gasteiger partial charge in [-0.05, 0) is 55.5 Å². The third-order valence-electron chi connectivity index (χ3n) is 3.57. The van der Waals surface area contributed by atoms with Crippen LogP contribution >= 0.6 is 0 Å². The van der Waals surface area contributed by atoms with Gasteiger partial charge in [0.2, 0.25) is 0 Å². The van der Waals surface area contributed by atoms with E-state index in [1.807, 2.05) is 38.2 Å². The van der Waals surface area contributed by atoms with E-state index >= 15 is 0 Å². The van der Waals surface area contributed by atoms with Crippen LogP contribution in [0.25, 0.3) is 0 Å². The zero-order chi connectivity index (χ0) is 18.9. The molecule has 0 saturated carbocycles. The van der Waals surface area contributed by atoms with Gasteiger partial charge in [-0.1, -0.05) is 0 Å². The summed E-state index contributed by atoms with van der Waals surface area (Å²) < 4.78 is 33.9. The fraction of sp³-hybridized carbons (Fsp3) is 0.316. The number of carbonyl (C=O) groups excluding carboxylic acids is 1. The summed E-state index contributed by atoms with van der Waals surface area (Å²) in [4.78, 5) is 13.1. The molecule has 0 aromatic heterocycles. The molecule has 2 N–H and O–H groups in total. The van der Waals surface area contributed by atoms with Crippen LogP contribution in [-0.2, 0) is 11.3 Å². The molecular weight excluding hydrogens is 342 g/mol. The number of hydrogen-bond acceptors (Lipinski definition) is 3. The fourth-order valence-corrected chi connectivity index (χ4v) is 2.48. The predicted molar refractivity (Wildman–Crippen MR) is 94.8 cm³/mol. The van der Waals surface area contributed by atoms with Crippen LogP contribution in [0, 0.1) is 0 Å². The molecule has 140 valence electrons. The molecule has 0 aliphatic heterocycles. The van der Waals surface area contributed by atoms with Crippen molar-refractivity contribution in [3.8, 4) is 11.5 Å². The summed E-state index contributed by atoms with van der Waals surface area (Å²) in [6.07, 6.45) is 0. The van der Waals surface area contributed by atoms with Crippen molar-refractivity contribution in [3.63, 3.8) is 0 Å². The number of anilines is 1. The smallest absolute Gasteiger partial charge is 0.387 e. The number of hydrogen-bond donors (Lipinski definition) is 2. The van der Waals surface area contributed by atoms with Crippen LogP contribution in [0.5, 0.6) is 11.5 Å². The molecule has 2 aromatic rings. The Bertz CT molecular complexity index is 691. The van der Waals surface area contributed by atoms with Gasteiger partial charge in [0.1, 0.15) is 18.0 Å². The topological polar surface area (TPSA) is 52.0 Å². The van der Waals surface area contributed by atoms with Crippen LogP contribution in [0.1, 0.15) is 12.5 Å². The minimum Gasteiger partial charge on any atom is -0.494 e. The van der Waals surface area contributed by atoms with Crippen LogP contribution in [0.2, 0.25) is 0 Å². The van der Waals surface area contributed by atoms with Crippen molar-refractivity contribution in [2.45, 2.75) is 20.1 Å². The van der Waals surface area contributed by atoms with Crippen molar-refractivity contribution < 1.29 is 27.9 Å². The lowest BCUT2D eigenvalue weighted by atomic mass is 10.2. The van der Waals surface area contributed by atoms with Crippen molar-refractivity contribution in [1.29, 1.82) is 0 Å². The molecule has 1 atom stereocenters. The van der Waals surface area contributed by atoms with Crippen molar-refractivity contribution in [1.82, 2.24) is 0 Å². The SMILES string of the molecule is CCOc1ccc(C[NH+](C)CC(=O)Nc2ccc(OC(F)F)cc2)cc1. The molecule has 0 aliphatic rings. The third-order valence-corrected chi connectivity index (χ3v) is 3.57. The Morgan fingerprint density at radius 1 is 1.08 bits per heavy atom. The van der Waals surface area contributed by atoms with Crippen molar-refractivity contribution in [2.75, 3.05) is 25.5 Å². The first kappa shape index (κ1) is 19.7. The van der Waals surface area contributed by atoms with Crippen molar-refractivity contribution in [3.05, 3.63) is 54.1 Å². The molecule has 0 fully saturated rings. The second-order valence-corrected chi connectivity index (χ2v) is 5.84. The van der Waals surface area contributed by atoms with Crippen LogP contribution in [0.15, 0.2) is 48.5 Å². The summed E-state index contributed by atoms with van der Waals surface area (Å²) in [5, 5.41) is 2.74. The van der Waals surface area contributed by atoms with Gasteiger partial charge in [-0.15, -0.1) is 0 Å². The van der Waals surface area contributed by atoms with E-state index < -0.39 is 6.61 Å². The minimum absolute atomic E-state index is 0.0521. The molecule has 5 nitrogen and oxygen atoms in total. The van der Waals surface area contributed by atoms with E-state index in [0.29, 0.717) is 18.8 Å². The predicted octanol–water partition coefficient (Wildman–Crippen LogP) is 2.34. The van der Waals surface area contributed by atoms with Gasteiger partial charge >= 0.3 is 6.61 Å². The van der Waals surface area contributed by atoms with Gasteiger partial charge in [0, 0.05) is 11.3 Å². The maximum absolute atomic E-state index is 12.1. The molecular formula is C19H23F2N2O3+. The Morgan fingerprint density at radius 2 is 1.69 bits per heavy atom. The van der Waals surface area contributed by atoms with Crippen molar-refractivity contribution in [2.24, 2.45) is 0 Å². The Kier molecular flexibility index (Phi) is 7.35. The molecule has 1 unspecified atom stereocenters. The lowest BCUT2D eigenvalue weighted by Gasteiger charge is -2.14. The van der Waals surface area contributed by atoms with Crippen LogP contribution in [0.4, 0.5) is 14.5 Å². The number of quaternary nitrogens is 1. The van der Waals surface area contributed by atoms with Gasteiger partial charge in [-0.3, -0.25) is 4.79 Å². The lowest BCUT2D eigenvalue weighted by molar-refractivity contribution is -0.885. The Labute approximate surface area is 151 Å². The number of benzene rings is 2. The zero-order valence-corrected chi connectivity index (χ0v) is 14.8. The number of nitrogens with one attached hydrogen (secondary N) is 2. The number of carbonyl (C=O) groups is 1. The van der Waals surface area contributed by atoms with Gasteiger partial charge in [0.25, 0.3) is 5.91 Å². The number of alkyl halides is 2. The number of ether oxygens (including phenoxy) is 2. The van der Waals surface area contributed by atoms with Crippen molar-refractivity contribution >= 4 is 11.6 Å². The molecule has 1 amide bonds. The molecule has 2 rings (SSSR count). The fourth-order valence-electron chi connectivity index (χ4n) is 2.48. The molecule has 2 aromatic carbocycles. The van der Waals surface area contributed by atoms with Gasteiger partial charge in [0.05, 0.1) is 13.7 Å². The highest BCUT2D eigenvalue weighted by atomic mass is 19.3. The highest BCUT2D eigenvalue weighted by molar-refractivity contribution is 5.91. The zero-order valence-electron chi connectivity index (χ0n) is 14.8. The third kappa shape index (κ3) is 6.68. The van der Waals surface area contributed by atoms with E-state index in [-0.39, 0.29) is 18.2 Å². The summed E-state index contributed by atoms with van der Waals surface area (Å²) in [6, 6.07) is 13.6. The first-order valence-corrected chi connectivity index (χ1v) is 8.34. The second-order valence-electron chi connectivity index (χ2n) is 5.84. The number of rotatable bonds is 9. The normalized spacial score (nSPS) is 11.9. The first-order valence-electron chi connectivity index (χ1n) is 8.34. The largest absolute Gasteiger partial charge is 0.494 e. The molecule has 0 saturated heterocycles. The summed E-state index contributed by atoms with van der Waals surface area (Å²) in [6.45, 7) is 0.669. The Hall–Kier alpha value is -2.67. The van der Waals surface area contributed by atoms with E-state index in [4.69, 9.17) is 4.74 Å². The van der Waals surface area contributed by atoms with E-state index in [1.54, 1.807) is 0 Å². The summed E-state index contributed by atoms with van der Waals surface area (Å²) in [5.41, 5.74) is 1.64. The number of halogens is 2. The van der Waals surface area contributed by atoms with Crippen LogP contribution in [0.3, 0.4) is 0 Å². The molecule has 7 heteroatoms. The molecule has 26 heavy (non-hydrogen) atoms. The van der Waals surface area contributed by atoms with E-state index in [2.05, 4.69) is 10.1 Å². The molecule has 0 bridgehead atoms. The van der Waals surface area contributed by atoms with E-state index in [0.717, 1.165) is 16.2 Å². The van der Waals surface area contributed by atoms with Gasteiger partial charge in [-0.2, -0.15) is 8.78 Å². The quantitative estimate of drug-likeness (QED) is 0.717. The second kappa shape index (κ2) is 9.72. The minimum atomic E-state index is -2.87. The maximum atomic E-state index is 12.1. The molecule has 0 radical (unpaired) electrons. The first-order chi connectivity index (χ1) is 12.5. The van der Waals surface area contributed by atoms with Gasteiger partial charge < -0.3 is 19.7 Å². The average Bonchev–Trinajstić information content (AvgIpc) is 2.58. The van der Waals surface area contributed by atoms with Gasteiger partial charge in [-0.25, -0.2) is 0 Å². The van der Waals surface area contributed by atoms with Gasteiger partial charge in [0.15, 0.2) is 6.54 Å². The average molecular weight is 365 g/mol. The van der Waals surface area contributed by atoms with E-state index in [9.17, 15) is 13.6 Å². The monoisotopic (exact) mass is 365 g/mol. The Balaban J connectivity index is 1.81. The number of amides is 1. The summed E-state index contributed by atoms with van der Waals surface area (Å²) in [5.74, 6) is 0.720.